The molecule has 0 spiro atoms. The summed E-state index contributed by atoms with van der Waals surface area (Å²) in [7, 11) is 0. The summed E-state index contributed by atoms with van der Waals surface area (Å²) in [6, 6.07) is 0.631. The second-order valence-corrected chi connectivity index (χ2v) is 6.03. The lowest BCUT2D eigenvalue weighted by Crippen LogP contribution is -2.43. The van der Waals surface area contributed by atoms with E-state index in [0.717, 1.165) is 13.0 Å². The first-order valence-electron chi connectivity index (χ1n) is 8.00. The van der Waals surface area contributed by atoms with Crippen LogP contribution in [0.2, 0.25) is 0 Å². The minimum absolute atomic E-state index is 0.0327. The van der Waals surface area contributed by atoms with E-state index in [0.29, 0.717) is 6.04 Å². The van der Waals surface area contributed by atoms with Crippen molar-refractivity contribution < 1.29 is 0 Å². The summed E-state index contributed by atoms with van der Waals surface area (Å²) < 4.78 is 0. The van der Waals surface area contributed by atoms with Gasteiger partial charge in [0.2, 0.25) is 0 Å². The molecule has 2 rings (SSSR count). The summed E-state index contributed by atoms with van der Waals surface area (Å²) in [6.07, 6.45) is 15.4. The van der Waals surface area contributed by atoms with Crippen LogP contribution in [0, 0.1) is 4.91 Å². The average Bonchev–Trinajstić information content (AvgIpc) is 2.30. The van der Waals surface area contributed by atoms with Gasteiger partial charge in [-0.25, -0.2) is 0 Å². The van der Waals surface area contributed by atoms with Gasteiger partial charge in [0.25, 0.3) is 0 Å². The Morgan fingerprint density at radius 1 is 0.722 bits per heavy atom. The number of nitrogens with zero attached hydrogens (tertiary/aromatic N) is 2. The van der Waals surface area contributed by atoms with Crippen molar-refractivity contribution in [3.8, 4) is 0 Å². The Hall–Kier alpha value is -0.440. The minimum Gasteiger partial charge on any atom is -0.276 e. The summed E-state index contributed by atoms with van der Waals surface area (Å²) in [5, 5.41) is 3.44. The van der Waals surface area contributed by atoms with Crippen LogP contribution in [0.3, 0.4) is 0 Å². The summed E-state index contributed by atoms with van der Waals surface area (Å²) in [5.74, 6) is 0. The molecule has 0 aromatic rings. The molecule has 0 N–H and O–H groups in total. The molecule has 1 heterocycles. The van der Waals surface area contributed by atoms with E-state index in [9.17, 15) is 4.91 Å². The van der Waals surface area contributed by atoms with Gasteiger partial charge in [-0.2, -0.15) is 0 Å². The van der Waals surface area contributed by atoms with Crippen molar-refractivity contribution in [3.05, 3.63) is 4.91 Å². The zero-order valence-corrected chi connectivity index (χ0v) is 11.6. The molecule has 1 aliphatic carbocycles. The number of likely N-dealkylation sites (tertiary alicyclic amines) is 1. The van der Waals surface area contributed by atoms with Crippen molar-refractivity contribution in [2.75, 3.05) is 6.54 Å². The van der Waals surface area contributed by atoms with Gasteiger partial charge in [0.1, 0.15) is 6.17 Å². The summed E-state index contributed by atoms with van der Waals surface area (Å²) in [6.45, 7) is 1.10. The molecule has 18 heavy (non-hydrogen) atoms. The molecule has 3 nitrogen and oxygen atoms in total. The summed E-state index contributed by atoms with van der Waals surface area (Å²) >= 11 is 0. The maximum absolute atomic E-state index is 11.1. The van der Waals surface area contributed by atoms with Gasteiger partial charge < -0.3 is 0 Å². The van der Waals surface area contributed by atoms with Crippen LogP contribution >= 0.6 is 0 Å². The molecule has 3 heteroatoms. The Balaban J connectivity index is 1.97. The molecule has 1 unspecified atom stereocenters. The first-order chi connectivity index (χ1) is 8.92. The molecule has 1 saturated carbocycles. The van der Waals surface area contributed by atoms with Crippen molar-refractivity contribution >= 4 is 0 Å². The monoisotopic (exact) mass is 252 g/mol. The van der Waals surface area contributed by atoms with E-state index >= 15 is 0 Å². The Bertz CT molecular complexity index is 237. The number of hydrogen-bond donors (Lipinski definition) is 0. The van der Waals surface area contributed by atoms with E-state index in [1.807, 2.05) is 0 Å². The van der Waals surface area contributed by atoms with Crippen molar-refractivity contribution in [2.45, 2.75) is 89.3 Å². The molecule has 0 aromatic heterocycles. The van der Waals surface area contributed by atoms with Crippen molar-refractivity contribution in [3.63, 3.8) is 0 Å². The SMILES string of the molecule is O=NC1CCCCCCN1C1CCCCCCC1. The van der Waals surface area contributed by atoms with E-state index in [1.54, 1.807) is 0 Å². The van der Waals surface area contributed by atoms with Crippen LogP contribution in [0.1, 0.15) is 77.0 Å². The topological polar surface area (TPSA) is 32.7 Å². The molecule has 0 amide bonds. The highest BCUT2D eigenvalue weighted by Gasteiger charge is 2.27. The van der Waals surface area contributed by atoms with Crippen LogP contribution in [0.4, 0.5) is 0 Å². The third kappa shape index (κ3) is 4.04. The normalized spacial score (nSPS) is 29.9. The maximum Gasteiger partial charge on any atom is 0.145 e. The van der Waals surface area contributed by atoms with Gasteiger partial charge in [-0.05, 0) is 32.1 Å². The summed E-state index contributed by atoms with van der Waals surface area (Å²) in [4.78, 5) is 13.6. The molecular formula is C15H28N2O. The van der Waals surface area contributed by atoms with E-state index < -0.39 is 0 Å². The lowest BCUT2D eigenvalue weighted by atomic mass is 9.94. The van der Waals surface area contributed by atoms with Gasteiger partial charge in [0.05, 0.1) is 0 Å². The molecule has 1 atom stereocenters. The molecule has 1 saturated heterocycles. The van der Waals surface area contributed by atoms with Crippen molar-refractivity contribution in [1.29, 1.82) is 0 Å². The quantitative estimate of drug-likeness (QED) is 0.680. The van der Waals surface area contributed by atoms with E-state index in [4.69, 9.17) is 0 Å². The Labute approximate surface area is 111 Å². The Morgan fingerprint density at radius 2 is 1.28 bits per heavy atom. The number of rotatable bonds is 2. The van der Waals surface area contributed by atoms with Crippen LogP contribution in [0.25, 0.3) is 0 Å². The van der Waals surface area contributed by atoms with Crippen LogP contribution in [-0.4, -0.2) is 23.7 Å². The molecule has 0 radical (unpaired) electrons. The fourth-order valence-corrected chi connectivity index (χ4v) is 3.60. The molecule has 1 aliphatic heterocycles. The molecule has 2 aliphatic rings. The Morgan fingerprint density at radius 3 is 1.94 bits per heavy atom. The Kier molecular flexibility index (Phi) is 6.12. The zero-order chi connectivity index (χ0) is 12.6. The van der Waals surface area contributed by atoms with E-state index in [1.165, 1.54) is 70.6 Å². The fourth-order valence-electron chi connectivity index (χ4n) is 3.60. The van der Waals surface area contributed by atoms with Gasteiger partial charge in [-0.15, -0.1) is 4.91 Å². The highest BCUT2D eigenvalue weighted by Crippen LogP contribution is 2.27. The predicted octanol–water partition coefficient (Wildman–Crippen LogP) is 4.46. The smallest absolute Gasteiger partial charge is 0.145 e. The standard InChI is InChI=1S/C15H28N2O/c18-16-15-12-8-4-5-9-13-17(15)14-10-6-2-1-3-7-11-14/h14-15H,1-13H2. The molecule has 0 aromatic carbocycles. The molecular weight excluding hydrogens is 224 g/mol. The third-order valence-electron chi connectivity index (χ3n) is 4.68. The van der Waals surface area contributed by atoms with E-state index in [2.05, 4.69) is 10.1 Å². The maximum atomic E-state index is 11.1. The molecule has 2 fully saturated rings. The first kappa shape index (κ1) is 14.0. The van der Waals surface area contributed by atoms with Gasteiger partial charge in [-0.1, -0.05) is 50.1 Å². The second-order valence-electron chi connectivity index (χ2n) is 6.03. The van der Waals surface area contributed by atoms with Crippen LogP contribution in [0.5, 0.6) is 0 Å². The van der Waals surface area contributed by atoms with Crippen LogP contribution < -0.4 is 0 Å². The third-order valence-corrected chi connectivity index (χ3v) is 4.68. The highest BCUT2D eigenvalue weighted by atomic mass is 16.3. The van der Waals surface area contributed by atoms with Gasteiger partial charge in [0, 0.05) is 12.6 Å². The number of hydrogen-bond acceptors (Lipinski definition) is 3. The van der Waals surface area contributed by atoms with Crippen LogP contribution in [-0.2, 0) is 0 Å². The van der Waals surface area contributed by atoms with Crippen molar-refractivity contribution in [2.24, 2.45) is 5.18 Å². The van der Waals surface area contributed by atoms with Crippen LogP contribution in [0.15, 0.2) is 5.18 Å². The molecule has 104 valence electrons. The first-order valence-corrected chi connectivity index (χ1v) is 8.00. The molecule has 0 bridgehead atoms. The highest BCUT2D eigenvalue weighted by molar-refractivity contribution is 4.80. The number of nitroso groups, excluding NO2 is 1. The van der Waals surface area contributed by atoms with Gasteiger partial charge >= 0.3 is 0 Å². The largest absolute Gasteiger partial charge is 0.276 e. The summed E-state index contributed by atoms with van der Waals surface area (Å²) in [5.41, 5.74) is 0. The second kappa shape index (κ2) is 7.88. The fraction of sp³-hybridized carbons (Fsp3) is 1.00. The lowest BCUT2D eigenvalue weighted by Gasteiger charge is -2.37. The van der Waals surface area contributed by atoms with Gasteiger partial charge in [-0.3, -0.25) is 4.90 Å². The van der Waals surface area contributed by atoms with Gasteiger partial charge in [0.15, 0.2) is 0 Å². The lowest BCUT2D eigenvalue weighted by molar-refractivity contribution is 0.0973. The van der Waals surface area contributed by atoms with E-state index in [-0.39, 0.29) is 6.17 Å². The van der Waals surface area contributed by atoms with Crippen molar-refractivity contribution in [1.82, 2.24) is 4.90 Å². The minimum atomic E-state index is -0.0327. The predicted molar refractivity (Wildman–Crippen MR) is 75.5 cm³/mol. The average molecular weight is 252 g/mol. The zero-order valence-electron chi connectivity index (χ0n) is 11.6.